The van der Waals surface area contributed by atoms with E-state index >= 15 is 0 Å². The zero-order valence-corrected chi connectivity index (χ0v) is 11.4. The molecular weight excluding hydrogens is 238 g/mol. The number of benzene rings is 1. The lowest BCUT2D eigenvalue weighted by molar-refractivity contribution is -0.131. The van der Waals surface area contributed by atoms with E-state index < -0.39 is 5.97 Å². The van der Waals surface area contributed by atoms with E-state index in [9.17, 15) is 4.79 Å². The molecule has 1 aliphatic heterocycles. The fourth-order valence-corrected chi connectivity index (χ4v) is 2.57. The van der Waals surface area contributed by atoms with E-state index in [1.54, 1.807) is 6.08 Å². The molecule has 0 atom stereocenters. The van der Waals surface area contributed by atoms with Crippen LogP contribution in [0.25, 0.3) is 6.08 Å². The second-order valence-corrected chi connectivity index (χ2v) is 5.14. The number of anilines is 1. The van der Waals surface area contributed by atoms with Gasteiger partial charge in [-0.3, -0.25) is 0 Å². The van der Waals surface area contributed by atoms with Gasteiger partial charge in [0.1, 0.15) is 0 Å². The third-order valence-corrected chi connectivity index (χ3v) is 3.54. The Morgan fingerprint density at radius 3 is 2.53 bits per heavy atom. The summed E-state index contributed by atoms with van der Waals surface area (Å²) in [6.45, 7) is 4.16. The number of carboxylic acids is 1. The number of carboxylic acid groups (broad SMARTS) is 1. The molecule has 0 aliphatic carbocycles. The maximum atomic E-state index is 10.7. The maximum Gasteiger partial charge on any atom is 0.328 e. The van der Waals surface area contributed by atoms with Crippen molar-refractivity contribution in [3.05, 3.63) is 35.4 Å². The van der Waals surface area contributed by atoms with Gasteiger partial charge in [-0.05, 0) is 43.5 Å². The highest BCUT2D eigenvalue weighted by Gasteiger charge is 2.12. The Balaban J connectivity index is 2.29. The van der Waals surface area contributed by atoms with Crippen LogP contribution in [0.5, 0.6) is 0 Å². The minimum absolute atomic E-state index is 0.900. The molecule has 3 nitrogen and oxygen atoms in total. The van der Waals surface area contributed by atoms with Crippen molar-refractivity contribution in [3.8, 4) is 0 Å². The highest BCUT2D eigenvalue weighted by molar-refractivity contribution is 5.87. The predicted octanol–water partition coefficient (Wildman–Crippen LogP) is 3.47. The van der Waals surface area contributed by atoms with E-state index in [1.165, 1.54) is 31.8 Å². The number of hydrogen-bond donors (Lipinski definition) is 1. The summed E-state index contributed by atoms with van der Waals surface area (Å²) < 4.78 is 0. The molecule has 0 amide bonds. The summed E-state index contributed by atoms with van der Waals surface area (Å²) in [4.78, 5) is 13.1. The standard InChI is InChI=1S/C16H21NO2/c1-13-6-8-15(14(12-13)7-9-16(18)19)17-10-4-2-3-5-11-17/h6-9,12H,2-5,10-11H2,1H3,(H,18,19)/b9-7+. The average molecular weight is 259 g/mol. The van der Waals surface area contributed by atoms with Crippen LogP contribution in [-0.2, 0) is 4.79 Å². The second-order valence-electron chi connectivity index (χ2n) is 5.14. The quantitative estimate of drug-likeness (QED) is 0.845. The minimum atomic E-state index is -0.900. The van der Waals surface area contributed by atoms with Gasteiger partial charge in [0.2, 0.25) is 0 Å². The van der Waals surface area contributed by atoms with E-state index in [0.29, 0.717) is 0 Å². The van der Waals surface area contributed by atoms with Crippen molar-refractivity contribution >= 4 is 17.7 Å². The van der Waals surface area contributed by atoms with Crippen molar-refractivity contribution in [2.45, 2.75) is 32.6 Å². The molecule has 19 heavy (non-hydrogen) atoms. The van der Waals surface area contributed by atoms with Crippen LogP contribution in [0.15, 0.2) is 24.3 Å². The molecule has 0 bridgehead atoms. The number of rotatable bonds is 3. The summed E-state index contributed by atoms with van der Waals surface area (Å²) in [5.74, 6) is -0.900. The summed E-state index contributed by atoms with van der Waals surface area (Å²) in [6, 6.07) is 6.26. The molecule has 1 N–H and O–H groups in total. The SMILES string of the molecule is Cc1ccc(N2CCCCCC2)c(/C=C/C(=O)O)c1. The smallest absolute Gasteiger partial charge is 0.328 e. The molecular formula is C16H21NO2. The van der Waals surface area contributed by atoms with Gasteiger partial charge in [-0.2, -0.15) is 0 Å². The zero-order valence-electron chi connectivity index (χ0n) is 11.4. The third-order valence-electron chi connectivity index (χ3n) is 3.54. The Morgan fingerprint density at radius 2 is 1.89 bits per heavy atom. The van der Waals surface area contributed by atoms with Crippen molar-refractivity contribution in [1.82, 2.24) is 0 Å². The summed E-state index contributed by atoms with van der Waals surface area (Å²) in [6.07, 6.45) is 7.95. The zero-order chi connectivity index (χ0) is 13.7. The number of hydrogen-bond acceptors (Lipinski definition) is 2. The number of carbonyl (C=O) groups is 1. The van der Waals surface area contributed by atoms with Crippen molar-refractivity contribution < 1.29 is 9.90 Å². The van der Waals surface area contributed by atoms with Crippen LogP contribution >= 0.6 is 0 Å². The van der Waals surface area contributed by atoms with Crippen LogP contribution in [-0.4, -0.2) is 24.2 Å². The molecule has 1 aromatic rings. The Morgan fingerprint density at radius 1 is 1.21 bits per heavy atom. The third kappa shape index (κ3) is 3.85. The predicted molar refractivity (Wildman–Crippen MR) is 78.5 cm³/mol. The van der Waals surface area contributed by atoms with Gasteiger partial charge < -0.3 is 10.0 Å². The number of aryl methyl sites for hydroxylation is 1. The molecule has 3 heteroatoms. The summed E-state index contributed by atoms with van der Waals surface area (Å²) in [5.41, 5.74) is 3.32. The first-order valence-electron chi connectivity index (χ1n) is 6.93. The van der Waals surface area contributed by atoms with Crippen molar-refractivity contribution in [1.29, 1.82) is 0 Å². The van der Waals surface area contributed by atoms with E-state index in [2.05, 4.69) is 23.1 Å². The van der Waals surface area contributed by atoms with Gasteiger partial charge in [0.25, 0.3) is 0 Å². The first-order chi connectivity index (χ1) is 9.16. The topological polar surface area (TPSA) is 40.5 Å². The monoisotopic (exact) mass is 259 g/mol. The average Bonchev–Trinajstić information content (AvgIpc) is 2.65. The Kier molecular flexibility index (Phi) is 4.61. The Labute approximate surface area is 114 Å². The van der Waals surface area contributed by atoms with Crippen LogP contribution in [0.3, 0.4) is 0 Å². The fourth-order valence-electron chi connectivity index (χ4n) is 2.57. The molecule has 0 saturated carbocycles. The molecule has 2 rings (SSSR count). The van der Waals surface area contributed by atoms with Gasteiger partial charge >= 0.3 is 5.97 Å². The molecule has 0 unspecified atom stereocenters. The van der Waals surface area contributed by atoms with Crippen molar-refractivity contribution in [3.63, 3.8) is 0 Å². The molecule has 0 radical (unpaired) electrons. The first-order valence-corrected chi connectivity index (χ1v) is 6.93. The van der Waals surface area contributed by atoms with E-state index in [-0.39, 0.29) is 0 Å². The molecule has 1 aliphatic rings. The second kappa shape index (κ2) is 6.41. The van der Waals surface area contributed by atoms with E-state index in [0.717, 1.165) is 29.9 Å². The fraction of sp³-hybridized carbons (Fsp3) is 0.438. The lowest BCUT2D eigenvalue weighted by Gasteiger charge is -2.25. The molecule has 102 valence electrons. The van der Waals surface area contributed by atoms with Gasteiger partial charge in [-0.15, -0.1) is 0 Å². The number of nitrogens with zero attached hydrogens (tertiary/aromatic N) is 1. The lowest BCUT2D eigenvalue weighted by atomic mass is 10.1. The lowest BCUT2D eigenvalue weighted by Crippen LogP contribution is -2.24. The van der Waals surface area contributed by atoms with E-state index in [4.69, 9.17) is 5.11 Å². The van der Waals surface area contributed by atoms with Gasteiger partial charge in [-0.1, -0.05) is 24.5 Å². The highest BCUT2D eigenvalue weighted by Crippen LogP contribution is 2.26. The largest absolute Gasteiger partial charge is 0.478 e. The van der Waals surface area contributed by atoms with Crippen molar-refractivity contribution in [2.75, 3.05) is 18.0 Å². The van der Waals surface area contributed by atoms with Crippen molar-refractivity contribution in [2.24, 2.45) is 0 Å². The first kappa shape index (κ1) is 13.7. The Hall–Kier alpha value is -1.77. The van der Waals surface area contributed by atoms with Gasteiger partial charge in [0.15, 0.2) is 0 Å². The van der Waals surface area contributed by atoms with Crippen LogP contribution in [0, 0.1) is 6.92 Å². The maximum absolute atomic E-state index is 10.7. The van der Waals surface area contributed by atoms with Gasteiger partial charge in [-0.25, -0.2) is 4.79 Å². The highest BCUT2D eigenvalue weighted by atomic mass is 16.4. The molecule has 1 fully saturated rings. The molecule has 1 aromatic carbocycles. The van der Waals surface area contributed by atoms with Crippen LogP contribution in [0.2, 0.25) is 0 Å². The van der Waals surface area contributed by atoms with Gasteiger partial charge in [0.05, 0.1) is 0 Å². The Bertz CT molecular complexity index is 472. The normalized spacial score (nSPS) is 16.6. The summed E-state index contributed by atoms with van der Waals surface area (Å²) in [7, 11) is 0. The minimum Gasteiger partial charge on any atom is -0.478 e. The molecule has 0 spiro atoms. The summed E-state index contributed by atoms with van der Waals surface area (Å²) in [5, 5.41) is 8.79. The van der Waals surface area contributed by atoms with Crippen LogP contribution < -0.4 is 4.90 Å². The van der Waals surface area contributed by atoms with Crippen LogP contribution in [0.1, 0.15) is 36.8 Å². The molecule has 0 aromatic heterocycles. The molecule has 1 heterocycles. The molecule has 1 saturated heterocycles. The number of aliphatic carboxylic acids is 1. The summed E-state index contributed by atoms with van der Waals surface area (Å²) >= 11 is 0. The van der Waals surface area contributed by atoms with Crippen LogP contribution in [0.4, 0.5) is 5.69 Å². The van der Waals surface area contributed by atoms with Gasteiger partial charge in [0, 0.05) is 24.9 Å². The van der Waals surface area contributed by atoms with E-state index in [1.807, 2.05) is 6.92 Å².